The van der Waals surface area contributed by atoms with E-state index in [0.717, 1.165) is 22.4 Å². The van der Waals surface area contributed by atoms with Crippen molar-refractivity contribution >= 4 is 17.5 Å². The molecule has 0 radical (unpaired) electrons. The normalized spacial score (nSPS) is 10.2. The van der Waals surface area contributed by atoms with E-state index in [9.17, 15) is 0 Å². The summed E-state index contributed by atoms with van der Waals surface area (Å²) in [7, 11) is 0. The van der Waals surface area contributed by atoms with E-state index in [1.807, 2.05) is 42.0 Å². The predicted molar refractivity (Wildman–Crippen MR) is 72.0 cm³/mol. The molecule has 0 bridgehead atoms. The molecule has 0 saturated heterocycles. The molecule has 0 saturated carbocycles. The van der Waals surface area contributed by atoms with Gasteiger partial charge in [-0.25, -0.2) is 4.98 Å². The third kappa shape index (κ3) is 2.68. The van der Waals surface area contributed by atoms with Crippen molar-refractivity contribution in [2.75, 3.05) is 11.9 Å². The van der Waals surface area contributed by atoms with Gasteiger partial charge in [0.1, 0.15) is 0 Å². The second-order valence-electron chi connectivity index (χ2n) is 3.72. The Bertz CT molecular complexity index is 514. The number of hydrogen-bond acceptors (Lipinski definition) is 2. The molecule has 0 amide bonds. The highest BCUT2D eigenvalue weighted by atomic mass is 35.5. The molecule has 2 aromatic rings. The minimum absolute atomic E-state index is 0.685. The van der Waals surface area contributed by atoms with Gasteiger partial charge in [-0.1, -0.05) is 17.7 Å². The Morgan fingerprint density at radius 2 is 2.12 bits per heavy atom. The standard InChI is InChI=1S/C13H14ClN3/c1-3-8-15-13-16-10(2)9-17(13)12-6-4-11(14)5-7-12/h3-7,9H,1,8H2,2H3,(H,15,16). The average molecular weight is 248 g/mol. The Kier molecular flexibility index (Phi) is 3.49. The molecular formula is C13H14ClN3. The lowest BCUT2D eigenvalue weighted by Gasteiger charge is -2.08. The summed E-state index contributed by atoms with van der Waals surface area (Å²) in [5.74, 6) is 0.810. The van der Waals surface area contributed by atoms with E-state index in [1.54, 1.807) is 6.08 Å². The lowest BCUT2D eigenvalue weighted by atomic mass is 10.3. The maximum absolute atomic E-state index is 5.87. The van der Waals surface area contributed by atoms with Crippen LogP contribution in [0.4, 0.5) is 5.95 Å². The number of halogens is 1. The van der Waals surface area contributed by atoms with Crippen molar-refractivity contribution in [2.24, 2.45) is 0 Å². The van der Waals surface area contributed by atoms with Gasteiger partial charge < -0.3 is 5.32 Å². The van der Waals surface area contributed by atoms with Crippen LogP contribution in [0, 0.1) is 6.92 Å². The highest BCUT2D eigenvalue weighted by Crippen LogP contribution is 2.18. The topological polar surface area (TPSA) is 29.9 Å². The zero-order valence-corrected chi connectivity index (χ0v) is 10.4. The summed E-state index contributed by atoms with van der Waals surface area (Å²) in [6.07, 6.45) is 3.78. The molecular weight excluding hydrogens is 234 g/mol. The van der Waals surface area contributed by atoms with Gasteiger partial charge in [0.15, 0.2) is 0 Å². The fraction of sp³-hybridized carbons (Fsp3) is 0.154. The number of nitrogens with one attached hydrogen (secondary N) is 1. The van der Waals surface area contributed by atoms with Gasteiger partial charge in [0, 0.05) is 23.5 Å². The first kappa shape index (κ1) is 11.7. The summed E-state index contributed by atoms with van der Waals surface area (Å²) >= 11 is 5.87. The maximum atomic E-state index is 5.87. The van der Waals surface area contributed by atoms with Crippen LogP contribution in [-0.4, -0.2) is 16.1 Å². The number of aromatic nitrogens is 2. The molecule has 0 spiro atoms. The zero-order chi connectivity index (χ0) is 12.3. The van der Waals surface area contributed by atoms with Gasteiger partial charge in [0.2, 0.25) is 5.95 Å². The van der Waals surface area contributed by atoms with Gasteiger partial charge in [0.25, 0.3) is 0 Å². The van der Waals surface area contributed by atoms with E-state index in [0.29, 0.717) is 6.54 Å². The molecule has 3 nitrogen and oxygen atoms in total. The van der Waals surface area contributed by atoms with E-state index in [-0.39, 0.29) is 0 Å². The van der Waals surface area contributed by atoms with Crippen LogP contribution >= 0.6 is 11.6 Å². The lowest BCUT2D eigenvalue weighted by Crippen LogP contribution is -2.05. The molecule has 17 heavy (non-hydrogen) atoms. The quantitative estimate of drug-likeness (QED) is 0.839. The van der Waals surface area contributed by atoms with Crippen LogP contribution in [-0.2, 0) is 0 Å². The van der Waals surface area contributed by atoms with Crippen LogP contribution in [0.15, 0.2) is 43.1 Å². The van der Waals surface area contributed by atoms with Crippen molar-refractivity contribution < 1.29 is 0 Å². The molecule has 0 aliphatic rings. The minimum atomic E-state index is 0.685. The molecule has 2 rings (SSSR count). The molecule has 0 aliphatic carbocycles. The average Bonchev–Trinajstić information content (AvgIpc) is 2.69. The van der Waals surface area contributed by atoms with Gasteiger partial charge in [0.05, 0.1) is 5.69 Å². The van der Waals surface area contributed by atoms with Crippen LogP contribution in [0.1, 0.15) is 5.69 Å². The molecule has 0 fully saturated rings. The van der Waals surface area contributed by atoms with Crippen molar-refractivity contribution in [1.29, 1.82) is 0 Å². The highest BCUT2D eigenvalue weighted by molar-refractivity contribution is 6.30. The highest BCUT2D eigenvalue weighted by Gasteiger charge is 2.06. The van der Waals surface area contributed by atoms with E-state index in [4.69, 9.17) is 11.6 Å². The van der Waals surface area contributed by atoms with Gasteiger partial charge in [-0.15, -0.1) is 6.58 Å². The zero-order valence-electron chi connectivity index (χ0n) is 9.65. The second kappa shape index (κ2) is 5.06. The number of nitrogens with zero attached hydrogens (tertiary/aromatic N) is 2. The molecule has 0 aliphatic heterocycles. The SMILES string of the molecule is C=CCNc1nc(C)cn1-c1ccc(Cl)cc1. The number of anilines is 1. The Hall–Kier alpha value is -1.74. The van der Waals surface area contributed by atoms with Gasteiger partial charge in [-0.2, -0.15) is 0 Å². The van der Waals surface area contributed by atoms with Crippen LogP contribution in [0.3, 0.4) is 0 Å². The molecule has 1 aromatic heterocycles. The third-order valence-electron chi connectivity index (χ3n) is 2.34. The van der Waals surface area contributed by atoms with Crippen molar-refractivity contribution in [2.45, 2.75) is 6.92 Å². The number of rotatable bonds is 4. The fourth-order valence-corrected chi connectivity index (χ4v) is 1.71. The molecule has 0 atom stereocenters. The first-order valence-electron chi connectivity index (χ1n) is 5.37. The fourth-order valence-electron chi connectivity index (χ4n) is 1.58. The van der Waals surface area contributed by atoms with Gasteiger partial charge in [-0.3, -0.25) is 4.57 Å². The first-order valence-corrected chi connectivity index (χ1v) is 5.75. The number of hydrogen-bond donors (Lipinski definition) is 1. The number of benzene rings is 1. The van der Waals surface area contributed by atoms with E-state index in [1.165, 1.54) is 0 Å². The summed E-state index contributed by atoms with van der Waals surface area (Å²) in [6.45, 7) is 6.33. The third-order valence-corrected chi connectivity index (χ3v) is 2.59. The summed E-state index contributed by atoms with van der Waals surface area (Å²) in [5.41, 5.74) is 1.99. The molecule has 1 heterocycles. The van der Waals surface area contributed by atoms with Gasteiger partial charge >= 0.3 is 0 Å². The minimum Gasteiger partial charge on any atom is -0.352 e. The molecule has 1 aromatic carbocycles. The Morgan fingerprint density at radius 3 is 2.76 bits per heavy atom. The number of imidazole rings is 1. The van der Waals surface area contributed by atoms with Crippen molar-refractivity contribution in [3.8, 4) is 5.69 Å². The van der Waals surface area contributed by atoms with Crippen LogP contribution in [0.2, 0.25) is 5.02 Å². The smallest absolute Gasteiger partial charge is 0.207 e. The molecule has 88 valence electrons. The predicted octanol–water partition coefficient (Wildman–Crippen LogP) is 3.43. The first-order chi connectivity index (χ1) is 8.20. The van der Waals surface area contributed by atoms with Crippen molar-refractivity contribution in [3.63, 3.8) is 0 Å². The largest absolute Gasteiger partial charge is 0.352 e. The summed E-state index contributed by atoms with van der Waals surface area (Å²) < 4.78 is 2.00. The Labute approximate surface area is 106 Å². The van der Waals surface area contributed by atoms with Crippen molar-refractivity contribution in [1.82, 2.24) is 9.55 Å². The monoisotopic (exact) mass is 247 g/mol. The molecule has 1 N–H and O–H groups in total. The Balaban J connectivity index is 2.36. The lowest BCUT2D eigenvalue weighted by molar-refractivity contribution is 1.04. The van der Waals surface area contributed by atoms with E-state index >= 15 is 0 Å². The molecule has 4 heteroatoms. The van der Waals surface area contributed by atoms with Crippen LogP contribution in [0.25, 0.3) is 5.69 Å². The van der Waals surface area contributed by atoms with Crippen LogP contribution in [0.5, 0.6) is 0 Å². The second-order valence-corrected chi connectivity index (χ2v) is 4.16. The molecule has 0 unspecified atom stereocenters. The summed E-state index contributed by atoms with van der Waals surface area (Å²) in [5, 5.41) is 3.93. The summed E-state index contributed by atoms with van der Waals surface area (Å²) in [6, 6.07) is 7.65. The van der Waals surface area contributed by atoms with E-state index in [2.05, 4.69) is 16.9 Å². The number of aryl methyl sites for hydroxylation is 1. The summed E-state index contributed by atoms with van der Waals surface area (Å²) in [4.78, 5) is 4.42. The maximum Gasteiger partial charge on any atom is 0.207 e. The Morgan fingerprint density at radius 1 is 1.41 bits per heavy atom. The van der Waals surface area contributed by atoms with Crippen molar-refractivity contribution in [3.05, 3.63) is 53.8 Å². The van der Waals surface area contributed by atoms with Gasteiger partial charge in [-0.05, 0) is 31.2 Å². The van der Waals surface area contributed by atoms with Crippen LogP contribution < -0.4 is 5.32 Å². The van der Waals surface area contributed by atoms with E-state index < -0.39 is 0 Å².